The molecular weight excluding hydrogens is 521 g/mol. The number of hydrogen-bond donors (Lipinski definition) is 2. The number of carbonyl (C=O) groups is 4. The number of nitrogens with one attached hydrogen (secondary N) is 2. The van der Waals surface area contributed by atoms with Crippen molar-refractivity contribution in [2.75, 3.05) is 6.61 Å². The molecule has 1 aromatic carbocycles. The molecule has 2 heterocycles. The van der Waals surface area contributed by atoms with Crippen molar-refractivity contribution in [1.29, 1.82) is 0 Å². The number of alkyl carbamates (subject to hydrolysis) is 1. The van der Waals surface area contributed by atoms with Crippen LogP contribution in [0.2, 0.25) is 0 Å². The molecule has 2 aliphatic heterocycles. The zero-order valence-corrected chi connectivity index (χ0v) is 20.5. The van der Waals surface area contributed by atoms with Crippen LogP contribution in [0.25, 0.3) is 0 Å². The number of benzene rings is 1. The van der Waals surface area contributed by atoms with Crippen molar-refractivity contribution < 1.29 is 33.2 Å². The highest BCUT2D eigenvalue weighted by atomic mass is 35.6. The average molecular weight is 541 g/mol. The Balaban J connectivity index is 1.81. The number of rotatable bonds is 7. The molecule has 1 aromatic rings. The van der Waals surface area contributed by atoms with E-state index in [1.807, 2.05) is 6.07 Å². The second-order valence-electron chi connectivity index (χ2n) is 7.85. The van der Waals surface area contributed by atoms with Gasteiger partial charge in [0.1, 0.15) is 13.2 Å². The predicted octanol–water partition coefficient (Wildman–Crippen LogP) is 1.35. The summed E-state index contributed by atoms with van der Waals surface area (Å²) in [5.41, 5.74) is -1.38. The van der Waals surface area contributed by atoms with Crippen LogP contribution in [0.4, 0.5) is 4.79 Å². The van der Waals surface area contributed by atoms with E-state index in [1.54, 1.807) is 24.3 Å². The summed E-state index contributed by atoms with van der Waals surface area (Å²) >= 11 is 14.7. The van der Waals surface area contributed by atoms with Crippen LogP contribution in [0.5, 0.6) is 0 Å². The van der Waals surface area contributed by atoms with Gasteiger partial charge < -0.3 is 19.3 Å². The Kier molecular flexibility index (Phi) is 7.30. The van der Waals surface area contributed by atoms with Crippen LogP contribution < -0.4 is 10.6 Å². The molecular formula is C19H20Cl3N3O7S. The van der Waals surface area contributed by atoms with Gasteiger partial charge >= 0.3 is 12.1 Å². The monoisotopic (exact) mass is 539 g/mol. The number of β-lactam (4-membered cyclic amide) rings is 1. The Morgan fingerprint density at radius 3 is 2.45 bits per heavy atom. The minimum atomic E-state index is -2.11. The molecule has 4 atom stereocenters. The van der Waals surface area contributed by atoms with E-state index in [9.17, 15) is 23.7 Å². The largest absolute Gasteiger partial charge is 0.614 e. The van der Waals surface area contributed by atoms with Crippen LogP contribution in [0.1, 0.15) is 19.4 Å². The Morgan fingerprint density at radius 2 is 1.88 bits per heavy atom. The van der Waals surface area contributed by atoms with E-state index in [1.165, 1.54) is 13.8 Å². The number of hydrogen-bond acceptors (Lipinski definition) is 7. The second-order valence-corrected chi connectivity index (χ2v) is 12.5. The van der Waals surface area contributed by atoms with E-state index in [2.05, 4.69) is 10.6 Å². The van der Waals surface area contributed by atoms with Gasteiger partial charge in [-0.2, -0.15) is 0 Å². The SMILES string of the molecule is CC1(C)[C@H](C(=O)OCc2ccccc2)N2C(=O)[C@@](NC=O)(NC(=O)OCC(Cl)(Cl)Cl)[C@H]2[S+]1[O-]. The van der Waals surface area contributed by atoms with E-state index < -0.39 is 61.4 Å². The van der Waals surface area contributed by atoms with Gasteiger partial charge in [0.15, 0.2) is 10.8 Å². The van der Waals surface area contributed by atoms with Gasteiger partial charge in [0.05, 0.1) is 0 Å². The fraction of sp³-hybridized carbons (Fsp3) is 0.474. The molecule has 10 nitrogen and oxygen atoms in total. The molecule has 3 amide bonds. The van der Waals surface area contributed by atoms with E-state index in [-0.39, 0.29) is 13.0 Å². The molecule has 0 aliphatic carbocycles. The summed E-state index contributed by atoms with van der Waals surface area (Å²) in [6.45, 7) is 2.35. The van der Waals surface area contributed by atoms with Gasteiger partial charge in [-0.25, -0.2) is 9.59 Å². The average Bonchev–Trinajstić information content (AvgIpc) is 2.94. The first kappa shape index (κ1) is 25.7. The molecule has 0 spiro atoms. The van der Waals surface area contributed by atoms with E-state index in [0.29, 0.717) is 0 Å². The molecule has 2 N–H and O–H groups in total. The number of carbonyl (C=O) groups excluding carboxylic acids is 4. The number of esters is 1. The lowest BCUT2D eigenvalue weighted by Gasteiger charge is -2.49. The predicted molar refractivity (Wildman–Crippen MR) is 120 cm³/mol. The molecule has 0 bridgehead atoms. The summed E-state index contributed by atoms with van der Waals surface area (Å²) in [6.07, 6.45) is -1.04. The fourth-order valence-electron chi connectivity index (χ4n) is 3.73. The van der Waals surface area contributed by atoms with Crippen LogP contribution in [0.15, 0.2) is 30.3 Å². The Labute approximate surface area is 207 Å². The minimum absolute atomic E-state index is 0.0507. The minimum Gasteiger partial charge on any atom is -0.614 e. The zero-order valence-electron chi connectivity index (χ0n) is 17.4. The van der Waals surface area contributed by atoms with Crippen molar-refractivity contribution in [3.8, 4) is 0 Å². The molecule has 180 valence electrons. The normalized spacial score (nSPS) is 27.8. The summed E-state index contributed by atoms with van der Waals surface area (Å²) in [5.74, 6) is -1.64. The van der Waals surface area contributed by atoms with Gasteiger partial charge in [-0.15, -0.1) is 0 Å². The standard InChI is InChI=1S/C19H20Cl3N3O7S/c1-17(2)12(13(27)31-8-11-6-4-3-5-7-11)25-14(28)19(23-10-26,15(25)33(17)30)24-16(29)32-9-18(20,21)22/h3-7,10,12,15H,8-9H2,1-2H3,(H,23,26)(H,24,29)/t12-,15+,19+,33?/m0/s1. The summed E-state index contributed by atoms with van der Waals surface area (Å²) < 4.78 is 20.3. The summed E-state index contributed by atoms with van der Waals surface area (Å²) in [6, 6.07) is 7.66. The first-order valence-electron chi connectivity index (χ1n) is 9.52. The third kappa shape index (κ3) is 4.83. The molecule has 33 heavy (non-hydrogen) atoms. The molecule has 0 radical (unpaired) electrons. The van der Waals surface area contributed by atoms with Gasteiger partial charge in [0, 0.05) is 0 Å². The molecule has 0 aromatic heterocycles. The Hall–Kier alpha value is -1.92. The molecule has 3 rings (SSSR count). The second kappa shape index (κ2) is 9.38. The lowest BCUT2D eigenvalue weighted by atomic mass is 9.91. The topological polar surface area (TPSA) is 137 Å². The van der Waals surface area contributed by atoms with Gasteiger partial charge in [-0.1, -0.05) is 65.1 Å². The lowest BCUT2D eigenvalue weighted by molar-refractivity contribution is -0.173. The summed E-state index contributed by atoms with van der Waals surface area (Å²) in [7, 11) is 0. The van der Waals surface area contributed by atoms with Crippen molar-refractivity contribution in [1.82, 2.24) is 15.5 Å². The first-order valence-corrected chi connectivity index (χ1v) is 11.9. The van der Waals surface area contributed by atoms with Crippen LogP contribution in [-0.2, 0) is 41.6 Å². The molecule has 2 fully saturated rings. The molecule has 0 saturated carbocycles. The van der Waals surface area contributed by atoms with Gasteiger partial charge in [0.2, 0.25) is 15.6 Å². The van der Waals surface area contributed by atoms with Gasteiger partial charge in [-0.3, -0.25) is 19.8 Å². The maximum atomic E-state index is 13.3. The van der Waals surface area contributed by atoms with Crippen molar-refractivity contribution in [3.63, 3.8) is 0 Å². The number of amides is 3. The Morgan fingerprint density at radius 1 is 1.24 bits per heavy atom. The van der Waals surface area contributed by atoms with E-state index >= 15 is 0 Å². The third-order valence-electron chi connectivity index (χ3n) is 5.25. The van der Waals surface area contributed by atoms with E-state index in [4.69, 9.17) is 44.3 Å². The smallest absolute Gasteiger partial charge is 0.409 e. The number of fused-ring (bicyclic) bond motifs is 1. The molecule has 2 aliphatic rings. The van der Waals surface area contributed by atoms with Crippen LogP contribution in [0.3, 0.4) is 0 Å². The van der Waals surface area contributed by atoms with E-state index in [0.717, 1.165) is 10.5 Å². The number of nitrogens with zero attached hydrogens (tertiary/aromatic N) is 1. The van der Waals surface area contributed by atoms with Crippen molar-refractivity contribution >= 4 is 70.4 Å². The number of alkyl halides is 3. The fourth-order valence-corrected chi connectivity index (χ4v) is 5.88. The third-order valence-corrected chi connectivity index (χ3v) is 7.83. The lowest BCUT2D eigenvalue weighted by Crippen LogP contribution is -2.86. The molecule has 1 unspecified atom stereocenters. The van der Waals surface area contributed by atoms with Gasteiger partial charge in [-0.05, 0) is 30.6 Å². The van der Waals surface area contributed by atoms with Crippen molar-refractivity contribution in [2.45, 2.75) is 46.1 Å². The number of halogens is 3. The highest BCUT2D eigenvalue weighted by molar-refractivity contribution is 7.94. The van der Waals surface area contributed by atoms with Crippen LogP contribution >= 0.6 is 34.8 Å². The maximum absolute atomic E-state index is 13.3. The highest BCUT2D eigenvalue weighted by Gasteiger charge is 2.80. The van der Waals surface area contributed by atoms with Gasteiger partial charge in [0.25, 0.3) is 11.6 Å². The molecule has 2 saturated heterocycles. The zero-order chi connectivity index (χ0) is 24.6. The van der Waals surface area contributed by atoms with Crippen molar-refractivity contribution in [2.24, 2.45) is 0 Å². The quantitative estimate of drug-likeness (QED) is 0.133. The Bertz CT molecular complexity index is 946. The summed E-state index contributed by atoms with van der Waals surface area (Å²) in [5, 5.41) is 3.13. The maximum Gasteiger partial charge on any atom is 0.409 e. The number of ether oxygens (including phenoxy) is 2. The van der Waals surface area contributed by atoms with Crippen LogP contribution in [-0.4, -0.2) is 66.1 Å². The van der Waals surface area contributed by atoms with Crippen molar-refractivity contribution in [3.05, 3.63) is 35.9 Å². The highest BCUT2D eigenvalue weighted by Crippen LogP contribution is 2.49. The first-order chi connectivity index (χ1) is 15.3. The molecule has 14 heteroatoms. The van der Waals surface area contributed by atoms with Crippen LogP contribution in [0, 0.1) is 0 Å². The summed E-state index contributed by atoms with van der Waals surface area (Å²) in [4.78, 5) is 50.6.